The van der Waals surface area contributed by atoms with E-state index in [0.29, 0.717) is 12.1 Å². The molecule has 0 aromatic carbocycles. The Morgan fingerprint density at radius 1 is 1.43 bits per heavy atom. The standard InChI is InChI=1S/C19H30N2OS/c1-3-16-10-17-18(23-16)4-7-22-19(17)5-6-21(13(2)11-19)12-14-8-15(20)9-14/h10,13-15H,3-9,11-12,20H2,1-2H3/t13-,14-,15+,19+/m0/s1. The predicted molar refractivity (Wildman–Crippen MR) is 96.0 cm³/mol. The predicted octanol–water partition coefficient (Wildman–Crippen LogP) is 3.30. The second-order valence-electron chi connectivity index (χ2n) is 7.89. The first-order chi connectivity index (χ1) is 11.1. The van der Waals surface area contributed by atoms with E-state index >= 15 is 0 Å². The molecule has 2 atom stereocenters. The molecule has 1 aromatic heterocycles. The second kappa shape index (κ2) is 6.14. The molecule has 2 aliphatic heterocycles. The summed E-state index contributed by atoms with van der Waals surface area (Å²) in [6.45, 7) is 7.97. The first-order valence-corrected chi connectivity index (χ1v) is 10.2. The summed E-state index contributed by atoms with van der Waals surface area (Å²) < 4.78 is 6.43. The summed E-state index contributed by atoms with van der Waals surface area (Å²) in [4.78, 5) is 5.81. The topological polar surface area (TPSA) is 38.5 Å². The molecule has 23 heavy (non-hydrogen) atoms. The Labute approximate surface area is 144 Å². The Kier molecular flexibility index (Phi) is 4.29. The first kappa shape index (κ1) is 16.1. The maximum absolute atomic E-state index is 6.43. The number of nitrogens with two attached hydrogens (primary N) is 1. The minimum atomic E-state index is 0.00341. The van der Waals surface area contributed by atoms with Gasteiger partial charge in [-0.15, -0.1) is 11.3 Å². The maximum Gasteiger partial charge on any atom is 0.0969 e. The molecule has 3 nitrogen and oxygen atoms in total. The molecule has 1 saturated carbocycles. The summed E-state index contributed by atoms with van der Waals surface area (Å²) in [5.74, 6) is 0.831. The summed E-state index contributed by atoms with van der Waals surface area (Å²) in [6, 6.07) is 3.53. The largest absolute Gasteiger partial charge is 0.370 e. The van der Waals surface area contributed by atoms with Crippen LogP contribution in [-0.2, 0) is 23.2 Å². The van der Waals surface area contributed by atoms with E-state index in [1.54, 1.807) is 4.88 Å². The van der Waals surface area contributed by atoms with Gasteiger partial charge >= 0.3 is 0 Å². The van der Waals surface area contributed by atoms with Gasteiger partial charge in [-0.25, -0.2) is 0 Å². The highest BCUT2D eigenvalue weighted by Crippen LogP contribution is 2.46. The second-order valence-corrected chi connectivity index (χ2v) is 9.11. The van der Waals surface area contributed by atoms with Gasteiger partial charge in [0.25, 0.3) is 0 Å². The van der Waals surface area contributed by atoms with Crippen LogP contribution in [-0.4, -0.2) is 36.7 Å². The molecule has 2 N–H and O–H groups in total. The van der Waals surface area contributed by atoms with Crippen molar-refractivity contribution in [2.45, 2.75) is 70.1 Å². The highest BCUT2D eigenvalue weighted by Gasteiger charge is 2.45. The molecule has 1 aliphatic carbocycles. The maximum atomic E-state index is 6.43. The van der Waals surface area contributed by atoms with Crippen LogP contribution in [0.15, 0.2) is 6.07 Å². The summed E-state index contributed by atoms with van der Waals surface area (Å²) in [5, 5.41) is 0. The molecule has 0 radical (unpaired) electrons. The minimum absolute atomic E-state index is 0.00341. The zero-order valence-corrected chi connectivity index (χ0v) is 15.3. The molecule has 4 heteroatoms. The molecule has 0 amide bonds. The molecule has 128 valence electrons. The number of fused-ring (bicyclic) bond motifs is 2. The van der Waals surface area contributed by atoms with Crippen LogP contribution in [0.3, 0.4) is 0 Å². The van der Waals surface area contributed by atoms with E-state index in [4.69, 9.17) is 10.5 Å². The van der Waals surface area contributed by atoms with Crippen molar-refractivity contribution >= 4 is 11.3 Å². The van der Waals surface area contributed by atoms with Crippen LogP contribution in [0, 0.1) is 5.92 Å². The summed E-state index contributed by atoms with van der Waals surface area (Å²) >= 11 is 2.02. The van der Waals surface area contributed by atoms with Crippen molar-refractivity contribution in [2.75, 3.05) is 19.7 Å². The van der Waals surface area contributed by atoms with Crippen LogP contribution in [0.2, 0.25) is 0 Å². The van der Waals surface area contributed by atoms with E-state index in [1.165, 1.54) is 36.4 Å². The van der Waals surface area contributed by atoms with Crippen molar-refractivity contribution in [1.82, 2.24) is 4.90 Å². The smallest absolute Gasteiger partial charge is 0.0969 e. The highest BCUT2D eigenvalue weighted by molar-refractivity contribution is 7.12. The van der Waals surface area contributed by atoms with Gasteiger partial charge in [0.15, 0.2) is 0 Å². The van der Waals surface area contributed by atoms with Gasteiger partial charge < -0.3 is 15.4 Å². The van der Waals surface area contributed by atoms with Crippen LogP contribution in [0.4, 0.5) is 0 Å². The van der Waals surface area contributed by atoms with Crippen molar-refractivity contribution in [2.24, 2.45) is 11.7 Å². The Bertz CT molecular complexity index is 566. The first-order valence-electron chi connectivity index (χ1n) is 9.35. The van der Waals surface area contributed by atoms with Gasteiger partial charge in [-0.2, -0.15) is 0 Å². The number of rotatable bonds is 3. The SMILES string of the molecule is CCc1cc2c(s1)CCO[C@@]21CCN(C[C@H]2C[C@@H](N)C2)[C@@H](C)C1. The number of thiophene rings is 1. The number of likely N-dealkylation sites (tertiary alicyclic amines) is 1. The quantitative estimate of drug-likeness (QED) is 0.922. The summed E-state index contributed by atoms with van der Waals surface area (Å²) in [5.41, 5.74) is 7.49. The average Bonchev–Trinajstić information content (AvgIpc) is 2.93. The van der Waals surface area contributed by atoms with Gasteiger partial charge in [-0.05, 0) is 56.6 Å². The number of piperidine rings is 1. The average molecular weight is 335 g/mol. The molecule has 4 rings (SSSR count). The normalized spacial score (nSPS) is 37.6. The Morgan fingerprint density at radius 2 is 2.26 bits per heavy atom. The molecule has 1 aromatic rings. The van der Waals surface area contributed by atoms with Gasteiger partial charge in [0.05, 0.1) is 12.2 Å². The monoisotopic (exact) mass is 334 g/mol. The van der Waals surface area contributed by atoms with Crippen molar-refractivity contribution in [1.29, 1.82) is 0 Å². The van der Waals surface area contributed by atoms with E-state index in [0.717, 1.165) is 38.2 Å². The van der Waals surface area contributed by atoms with Crippen molar-refractivity contribution < 1.29 is 4.74 Å². The van der Waals surface area contributed by atoms with Gasteiger partial charge in [-0.3, -0.25) is 0 Å². The lowest BCUT2D eigenvalue weighted by molar-refractivity contribution is -0.114. The molecule has 0 bridgehead atoms. The van der Waals surface area contributed by atoms with Crippen LogP contribution in [0.25, 0.3) is 0 Å². The minimum Gasteiger partial charge on any atom is -0.370 e. The fourth-order valence-electron chi connectivity index (χ4n) is 4.81. The fourth-order valence-corrected chi connectivity index (χ4v) is 5.99. The number of hydrogen-bond acceptors (Lipinski definition) is 4. The van der Waals surface area contributed by atoms with Crippen LogP contribution >= 0.6 is 11.3 Å². The van der Waals surface area contributed by atoms with Gasteiger partial charge in [0, 0.05) is 41.3 Å². The van der Waals surface area contributed by atoms with E-state index in [1.807, 2.05) is 11.3 Å². The number of nitrogens with zero attached hydrogens (tertiary/aromatic N) is 1. The molecular formula is C19H30N2OS. The Balaban J connectivity index is 1.48. The molecule has 3 heterocycles. The molecule has 0 unspecified atom stereocenters. The third kappa shape index (κ3) is 2.88. The van der Waals surface area contributed by atoms with Crippen LogP contribution < -0.4 is 5.73 Å². The van der Waals surface area contributed by atoms with Crippen LogP contribution in [0.5, 0.6) is 0 Å². The van der Waals surface area contributed by atoms with Crippen molar-refractivity contribution in [3.63, 3.8) is 0 Å². The zero-order chi connectivity index (χ0) is 16.0. The molecule has 1 saturated heterocycles. The molecule has 3 aliphatic rings. The summed E-state index contributed by atoms with van der Waals surface area (Å²) in [6.07, 6.45) is 7.01. The number of ether oxygens (including phenoxy) is 1. The van der Waals surface area contributed by atoms with E-state index in [2.05, 4.69) is 24.8 Å². The molecular weight excluding hydrogens is 304 g/mol. The van der Waals surface area contributed by atoms with Gasteiger partial charge in [0.2, 0.25) is 0 Å². The summed E-state index contributed by atoms with van der Waals surface area (Å²) in [7, 11) is 0. The Morgan fingerprint density at radius 3 is 2.96 bits per heavy atom. The fraction of sp³-hybridized carbons (Fsp3) is 0.789. The Hall–Kier alpha value is -0.420. The highest BCUT2D eigenvalue weighted by atomic mass is 32.1. The lowest BCUT2D eigenvalue weighted by Crippen LogP contribution is -2.53. The van der Waals surface area contributed by atoms with Gasteiger partial charge in [-0.1, -0.05) is 6.92 Å². The van der Waals surface area contributed by atoms with E-state index in [-0.39, 0.29) is 5.60 Å². The van der Waals surface area contributed by atoms with E-state index in [9.17, 15) is 0 Å². The van der Waals surface area contributed by atoms with Crippen LogP contribution in [0.1, 0.15) is 54.8 Å². The molecule has 2 fully saturated rings. The lowest BCUT2D eigenvalue weighted by atomic mass is 9.77. The number of aryl methyl sites for hydroxylation is 1. The zero-order valence-electron chi connectivity index (χ0n) is 14.5. The third-order valence-electron chi connectivity index (χ3n) is 6.22. The molecule has 1 spiro atoms. The van der Waals surface area contributed by atoms with E-state index < -0.39 is 0 Å². The number of hydrogen-bond donors (Lipinski definition) is 1. The van der Waals surface area contributed by atoms with Gasteiger partial charge in [0.1, 0.15) is 0 Å². The van der Waals surface area contributed by atoms with Crippen molar-refractivity contribution in [3.05, 3.63) is 21.4 Å². The van der Waals surface area contributed by atoms with Crippen molar-refractivity contribution in [3.8, 4) is 0 Å². The lowest BCUT2D eigenvalue weighted by Gasteiger charge is -2.49. The third-order valence-corrected chi connectivity index (χ3v) is 7.56.